The lowest BCUT2D eigenvalue weighted by molar-refractivity contribution is -0.124. The van der Waals surface area contributed by atoms with Crippen LogP contribution in [0.15, 0.2) is 66.7 Å². The lowest BCUT2D eigenvalue weighted by atomic mass is 9.87. The van der Waals surface area contributed by atoms with Gasteiger partial charge in [-0.25, -0.2) is 0 Å². The summed E-state index contributed by atoms with van der Waals surface area (Å²) in [5, 5.41) is 17.2. The maximum atomic E-state index is 13.2. The number of hydrogen-bond acceptors (Lipinski definition) is 5. The number of rotatable bonds is 6. The van der Waals surface area contributed by atoms with Crippen LogP contribution in [0, 0.1) is 0 Å². The van der Waals surface area contributed by atoms with Crippen molar-refractivity contribution < 1.29 is 9.59 Å². The largest absolute Gasteiger partial charge is 0.381 e. The van der Waals surface area contributed by atoms with Crippen LogP contribution in [-0.2, 0) is 35.4 Å². The first-order valence-electron chi connectivity index (χ1n) is 15.7. The highest BCUT2D eigenvalue weighted by Crippen LogP contribution is 2.31. The molecule has 218 valence electrons. The molecule has 2 heterocycles. The van der Waals surface area contributed by atoms with Crippen molar-refractivity contribution >= 4 is 17.5 Å². The molecule has 2 aliphatic carbocycles. The third kappa shape index (κ3) is 5.68. The zero-order valence-corrected chi connectivity index (χ0v) is 24.1. The van der Waals surface area contributed by atoms with Crippen molar-refractivity contribution in [2.75, 3.05) is 11.9 Å². The van der Waals surface area contributed by atoms with E-state index in [1.54, 1.807) is 0 Å². The molecule has 2 amide bonds. The topological polar surface area (TPSA) is 94.3 Å². The van der Waals surface area contributed by atoms with Crippen molar-refractivity contribution in [1.82, 2.24) is 21.3 Å². The Morgan fingerprint density at radius 2 is 1.33 bits per heavy atom. The quantitative estimate of drug-likeness (QED) is 0.310. The van der Waals surface area contributed by atoms with Crippen LogP contribution < -0.4 is 26.6 Å². The van der Waals surface area contributed by atoms with Gasteiger partial charge in [0.25, 0.3) is 0 Å². The molecule has 1 saturated heterocycles. The van der Waals surface area contributed by atoms with Gasteiger partial charge in [-0.15, -0.1) is 0 Å². The van der Waals surface area contributed by atoms with E-state index in [4.69, 9.17) is 0 Å². The highest BCUT2D eigenvalue weighted by molar-refractivity contribution is 5.83. The number of fused-ring (bicyclic) bond motifs is 3. The van der Waals surface area contributed by atoms with E-state index in [0.717, 1.165) is 57.2 Å². The van der Waals surface area contributed by atoms with E-state index in [2.05, 4.69) is 93.3 Å². The Kier molecular flexibility index (Phi) is 7.70. The average Bonchev–Trinajstić information content (AvgIpc) is 3.50. The molecule has 0 aromatic heterocycles. The van der Waals surface area contributed by atoms with Crippen LogP contribution in [0.1, 0.15) is 77.6 Å². The Labute approximate surface area is 248 Å². The van der Waals surface area contributed by atoms with Gasteiger partial charge in [-0.3, -0.25) is 9.59 Å². The summed E-state index contributed by atoms with van der Waals surface area (Å²) in [6, 6.07) is 23.4. The van der Waals surface area contributed by atoms with Gasteiger partial charge >= 0.3 is 0 Å². The fourth-order valence-electron chi connectivity index (χ4n) is 7.42. The molecule has 7 rings (SSSR count). The Morgan fingerprint density at radius 1 is 0.690 bits per heavy atom. The van der Waals surface area contributed by atoms with E-state index in [1.807, 2.05) is 0 Å². The van der Waals surface area contributed by atoms with Gasteiger partial charge in [-0.05, 0) is 96.9 Å². The normalized spacial score (nSPS) is 26.3. The van der Waals surface area contributed by atoms with Crippen molar-refractivity contribution in [1.29, 1.82) is 0 Å². The maximum Gasteiger partial charge on any atom is 0.237 e. The van der Waals surface area contributed by atoms with Crippen molar-refractivity contribution in [2.24, 2.45) is 0 Å². The second-order valence-electron chi connectivity index (χ2n) is 12.5. The minimum atomic E-state index is -0.222. The molecular formula is C35H41N5O2. The first-order valence-corrected chi connectivity index (χ1v) is 15.7. The van der Waals surface area contributed by atoms with Gasteiger partial charge in [0.15, 0.2) is 0 Å². The molecule has 4 aliphatic rings. The summed E-state index contributed by atoms with van der Waals surface area (Å²) < 4.78 is 0. The van der Waals surface area contributed by atoms with E-state index in [1.165, 1.54) is 33.4 Å². The van der Waals surface area contributed by atoms with Crippen LogP contribution in [-0.4, -0.2) is 36.5 Å². The Morgan fingerprint density at radius 3 is 2.02 bits per heavy atom. The number of benzene rings is 3. The Balaban J connectivity index is 0.922. The zero-order chi connectivity index (χ0) is 28.5. The van der Waals surface area contributed by atoms with Gasteiger partial charge in [0.1, 0.15) is 0 Å². The van der Waals surface area contributed by atoms with E-state index in [0.29, 0.717) is 13.0 Å². The van der Waals surface area contributed by atoms with Gasteiger partial charge in [0, 0.05) is 24.8 Å². The SMILES string of the molecule is O=C(NC1CCCc2ccccc21)[C@@H]1Cc2ccc(NC3CN[C@H](C(=O)NC4CCCc5ccccc54)C3)cc2CN1. The van der Waals surface area contributed by atoms with E-state index < -0.39 is 0 Å². The van der Waals surface area contributed by atoms with Crippen LogP contribution in [0.2, 0.25) is 0 Å². The number of anilines is 1. The lowest BCUT2D eigenvalue weighted by Gasteiger charge is -2.30. The molecule has 0 bridgehead atoms. The van der Waals surface area contributed by atoms with E-state index >= 15 is 0 Å². The van der Waals surface area contributed by atoms with Gasteiger partial charge in [0.05, 0.1) is 24.2 Å². The smallest absolute Gasteiger partial charge is 0.237 e. The number of aryl methyl sites for hydroxylation is 2. The molecule has 5 N–H and O–H groups in total. The molecule has 1 fully saturated rings. The Hall–Kier alpha value is -3.68. The first-order chi connectivity index (χ1) is 20.6. The predicted molar refractivity (Wildman–Crippen MR) is 165 cm³/mol. The molecule has 2 aliphatic heterocycles. The Bertz CT molecular complexity index is 1470. The molecule has 42 heavy (non-hydrogen) atoms. The molecule has 0 saturated carbocycles. The highest BCUT2D eigenvalue weighted by atomic mass is 16.2. The van der Waals surface area contributed by atoms with Gasteiger partial charge < -0.3 is 26.6 Å². The van der Waals surface area contributed by atoms with Crippen LogP contribution >= 0.6 is 0 Å². The molecule has 5 atom stereocenters. The summed E-state index contributed by atoms with van der Waals surface area (Å²) >= 11 is 0. The summed E-state index contributed by atoms with van der Waals surface area (Å²) in [4.78, 5) is 26.4. The first kappa shape index (κ1) is 27.2. The van der Waals surface area contributed by atoms with Crippen molar-refractivity contribution in [2.45, 2.75) is 88.1 Å². The van der Waals surface area contributed by atoms with Gasteiger partial charge in [-0.1, -0.05) is 54.6 Å². The van der Waals surface area contributed by atoms with Crippen LogP contribution in [0.4, 0.5) is 5.69 Å². The molecule has 3 aromatic carbocycles. The summed E-state index contributed by atoms with van der Waals surface area (Å²) in [6.07, 6.45) is 7.83. The van der Waals surface area contributed by atoms with E-state index in [-0.39, 0.29) is 42.0 Å². The van der Waals surface area contributed by atoms with Gasteiger partial charge in [0.2, 0.25) is 11.8 Å². The zero-order valence-electron chi connectivity index (χ0n) is 24.1. The third-order valence-electron chi connectivity index (χ3n) is 9.68. The van der Waals surface area contributed by atoms with Crippen molar-refractivity contribution in [3.8, 4) is 0 Å². The second kappa shape index (κ2) is 11.9. The molecular weight excluding hydrogens is 522 g/mol. The molecule has 7 nitrogen and oxygen atoms in total. The van der Waals surface area contributed by atoms with Crippen LogP contribution in [0.25, 0.3) is 0 Å². The average molecular weight is 564 g/mol. The fourth-order valence-corrected chi connectivity index (χ4v) is 7.42. The van der Waals surface area contributed by atoms with Gasteiger partial charge in [-0.2, -0.15) is 0 Å². The number of carbonyl (C=O) groups excluding carboxylic acids is 2. The monoisotopic (exact) mass is 563 g/mol. The highest BCUT2D eigenvalue weighted by Gasteiger charge is 2.32. The van der Waals surface area contributed by atoms with Crippen molar-refractivity contribution in [3.63, 3.8) is 0 Å². The molecule has 3 unspecified atom stereocenters. The number of carbonyl (C=O) groups is 2. The summed E-state index contributed by atoms with van der Waals surface area (Å²) in [7, 11) is 0. The maximum absolute atomic E-state index is 13.2. The second-order valence-corrected chi connectivity index (χ2v) is 12.5. The molecule has 7 heteroatoms. The number of hydrogen-bond donors (Lipinski definition) is 5. The minimum absolute atomic E-state index is 0.0858. The van der Waals surface area contributed by atoms with E-state index in [9.17, 15) is 9.59 Å². The molecule has 0 radical (unpaired) electrons. The molecule has 3 aromatic rings. The summed E-state index contributed by atoms with van der Waals surface area (Å²) in [5.41, 5.74) is 8.76. The summed E-state index contributed by atoms with van der Waals surface area (Å²) in [5.74, 6) is 0.180. The predicted octanol–water partition coefficient (Wildman–Crippen LogP) is 4.23. The minimum Gasteiger partial charge on any atom is -0.381 e. The lowest BCUT2D eigenvalue weighted by Crippen LogP contribution is -2.48. The standard InChI is InChI=1S/C35H41N5O2/c41-34(39-30-13-5-9-22-7-1-3-11-28(22)30)32-18-24-15-16-26(17-25(24)20-36-32)38-27-19-33(37-21-27)35(42)40-31-14-6-10-23-8-2-4-12-29(23)31/h1-4,7-8,11-12,15-17,27,30-33,36-38H,5-6,9-10,13-14,18-21H2,(H,39,41)(H,40,42)/t27?,30?,31?,32-,33-/m0/s1. The fraction of sp³-hybridized carbons (Fsp3) is 0.429. The van der Waals surface area contributed by atoms with Crippen molar-refractivity contribution in [3.05, 3.63) is 100 Å². The molecule has 0 spiro atoms. The van der Waals surface area contributed by atoms with Crippen LogP contribution in [0.5, 0.6) is 0 Å². The number of amides is 2. The number of nitrogens with one attached hydrogen (secondary N) is 5. The van der Waals surface area contributed by atoms with Crippen LogP contribution in [0.3, 0.4) is 0 Å². The summed E-state index contributed by atoms with van der Waals surface area (Å²) in [6.45, 7) is 1.42. The third-order valence-corrected chi connectivity index (χ3v) is 9.68.